The third kappa shape index (κ3) is 4.07. The van der Waals surface area contributed by atoms with Gasteiger partial charge in [0.25, 0.3) is 5.69 Å². The predicted molar refractivity (Wildman–Crippen MR) is 76.7 cm³/mol. The maximum Gasteiger partial charge on any atom is 0.283 e. The first-order valence-electron chi connectivity index (χ1n) is 6.24. The molecule has 0 aliphatic carbocycles. The summed E-state index contributed by atoms with van der Waals surface area (Å²) in [7, 11) is 0. The fourth-order valence-electron chi connectivity index (χ4n) is 1.80. The van der Waals surface area contributed by atoms with Gasteiger partial charge in [-0.25, -0.2) is 0 Å². The second kappa shape index (κ2) is 7.48. The van der Waals surface area contributed by atoms with Gasteiger partial charge in [0.1, 0.15) is 0 Å². The zero-order valence-electron chi connectivity index (χ0n) is 10.9. The van der Waals surface area contributed by atoms with Crippen LogP contribution in [0.25, 0.3) is 0 Å². The lowest BCUT2D eigenvalue weighted by atomic mass is 10.2. The van der Waals surface area contributed by atoms with Gasteiger partial charge >= 0.3 is 0 Å². The van der Waals surface area contributed by atoms with Crippen molar-refractivity contribution < 1.29 is 4.92 Å². The van der Waals surface area contributed by atoms with Crippen molar-refractivity contribution in [3.8, 4) is 0 Å². The highest BCUT2D eigenvalue weighted by Crippen LogP contribution is 2.29. The Balaban J connectivity index is 2.83. The van der Waals surface area contributed by atoms with E-state index in [1.165, 1.54) is 6.07 Å². The van der Waals surface area contributed by atoms with Crippen molar-refractivity contribution >= 4 is 21.6 Å². The van der Waals surface area contributed by atoms with E-state index in [0.717, 1.165) is 38.0 Å². The second-order valence-electron chi connectivity index (χ2n) is 4.23. The van der Waals surface area contributed by atoms with Gasteiger partial charge in [-0.1, -0.05) is 32.4 Å². The van der Waals surface area contributed by atoms with Crippen LogP contribution in [0.1, 0.15) is 32.3 Å². The minimum Gasteiger partial charge on any atom is -0.299 e. The van der Waals surface area contributed by atoms with Gasteiger partial charge in [-0.3, -0.25) is 15.0 Å². The quantitative estimate of drug-likeness (QED) is 0.565. The van der Waals surface area contributed by atoms with E-state index >= 15 is 0 Å². The summed E-state index contributed by atoms with van der Waals surface area (Å²) in [6.07, 6.45) is 2.31. The molecule has 18 heavy (non-hydrogen) atoms. The fourth-order valence-corrected chi connectivity index (χ4v) is 2.34. The van der Waals surface area contributed by atoms with Crippen molar-refractivity contribution in [1.82, 2.24) is 4.90 Å². The van der Waals surface area contributed by atoms with Crippen LogP contribution in [0.15, 0.2) is 22.7 Å². The van der Waals surface area contributed by atoms with Crippen molar-refractivity contribution in [2.75, 3.05) is 13.1 Å². The Bertz CT molecular complexity index is 410. The van der Waals surface area contributed by atoms with Crippen LogP contribution in [0.4, 0.5) is 5.69 Å². The molecule has 0 aliphatic heterocycles. The van der Waals surface area contributed by atoms with Crippen LogP contribution in [0.2, 0.25) is 0 Å². The van der Waals surface area contributed by atoms with Gasteiger partial charge in [-0.05, 0) is 41.0 Å². The number of halogens is 1. The van der Waals surface area contributed by atoms with Crippen molar-refractivity contribution in [1.29, 1.82) is 0 Å². The predicted octanol–water partition coefficient (Wildman–Crippen LogP) is 3.98. The van der Waals surface area contributed by atoms with Gasteiger partial charge in [0.05, 0.1) is 9.40 Å². The maximum absolute atomic E-state index is 10.9. The summed E-state index contributed by atoms with van der Waals surface area (Å²) in [5, 5.41) is 10.9. The third-order valence-electron chi connectivity index (χ3n) is 2.92. The Morgan fingerprint density at radius 1 is 1.39 bits per heavy atom. The molecule has 0 saturated carbocycles. The Morgan fingerprint density at radius 3 is 2.67 bits per heavy atom. The highest BCUT2D eigenvalue weighted by Gasteiger charge is 2.16. The van der Waals surface area contributed by atoms with E-state index in [1.807, 2.05) is 6.07 Å². The summed E-state index contributed by atoms with van der Waals surface area (Å²) in [5.74, 6) is 0. The van der Waals surface area contributed by atoms with E-state index in [4.69, 9.17) is 0 Å². The molecule has 0 aliphatic rings. The molecule has 0 bridgehead atoms. The lowest BCUT2D eigenvalue weighted by Crippen LogP contribution is -2.24. The lowest BCUT2D eigenvalue weighted by Gasteiger charge is -2.20. The molecule has 5 heteroatoms. The highest BCUT2D eigenvalue weighted by molar-refractivity contribution is 9.10. The van der Waals surface area contributed by atoms with Crippen LogP contribution in [0.5, 0.6) is 0 Å². The molecule has 4 nitrogen and oxygen atoms in total. The second-order valence-corrected chi connectivity index (χ2v) is 5.02. The number of rotatable bonds is 7. The van der Waals surface area contributed by atoms with E-state index in [9.17, 15) is 10.1 Å². The Hall–Kier alpha value is -0.940. The zero-order valence-corrected chi connectivity index (χ0v) is 12.4. The molecule has 0 atom stereocenters. The zero-order chi connectivity index (χ0) is 13.5. The summed E-state index contributed by atoms with van der Waals surface area (Å²) in [4.78, 5) is 12.8. The number of hydrogen-bond acceptors (Lipinski definition) is 3. The van der Waals surface area contributed by atoms with Crippen LogP contribution in [0.3, 0.4) is 0 Å². The fraction of sp³-hybridized carbons (Fsp3) is 0.538. The average Bonchev–Trinajstić information content (AvgIpc) is 2.36. The molecule has 0 radical (unpaired) electrons. The molecule has 1 aromatic carbocycles. The summed E-state index contributed by atoms with van der Waals surface area (Å²) in [6.45, 7) is 7.01. The molecule has 0 unspecified atom stereocenters. The molecule has 0 heterocycles. The molecule has 0 saturated heterocycles. The molecule has 100 valence electrons. The first-order chi connectivity index (χ1) is 8.60. The van der Waals surface area contributed by atoms with Crippen molar-refractivity contribution in [2.45, 2.75) is 33.2 Å². The number of nitro benzene ring substituents is 1. The topological polar surface area (TPSA) is 46.4 Å². The van der Waals surface area contributed by atoms with E-state index in [0.29, 0.717) is 4.47 Å². The smallest absolute Gasteiger partial charge is 0.283 e. The van der Waals surface area contributed by atoms with Crippen molar-refractivity contribution in [2.24, 2.45) is 0 Å². The first kappa shape index (κ1) is 15.1. The molecule has 0 aromatic heterocycles. The lowest BCUT2D eigenvalue weighted by molar-refractivity contribution is -0.385. The third-order valence-corrected chi connectivity index (χ3v) is 3.84. The van der Waals surface area contributed by atoms with E-state index in [1.54, 1.807) is 6.07 Å². The van der Waals surface area contributed by atoms with Gasteiger partial charge in [0.15, 0.2) is 0 Å². The average molecular weight is 315 g/mol. The van der Waals surface area contributed by atoms with E-state index < -0.39 is 0 Å². The van der Waals surface area contributed by atoms with Crippen molar-refractivity contribution in [3.63, 3.8) is 0 Å². The largest absolute Gasteiger partial charge is 0.299 e. The summed E-state index contributed by atoms with van der Waals surface area (Å²) >= 11 is 3.34. The molecule has 1 aromatic rings. The van der Waals surface area contributed by atoms with Crippen LogP contribution in [-0.2, 0) is 6.54 Å². The Kier molecular flexibility index (Phi) is 6.29. The summed E-state index contributed by atoms with van der Waals surface area (Å²) < 4.78 is 0.602. The monoisotopic (exact) mass is 314 g/mol. The molecular weight excluding hydrogens is 296 g/mol. The molecule has 0 fully saturated rings. The Labute approximate surface area is 116 Å². The first-order valence-corrected chi connectivity index (χ1v) is 7.03. The summed E-state index contributed by atoms with van der Waals surface area (Å²) in [6, 6.07) is 5.20. The maximum atomic E-state index is 10.9. The molecular formula is C13H19BrN2O2. The van der Waals surface area contributed by atoms with Crippen LogP contribution < -0.4 is 0 Å². The van der Waals surface area contributed by atoms with Gasteiger partial charge in [0.2, 0.25) is 0 Å². The number of unbranched alkanes of at least 4 members (excludes halogenated alkanes) is 1. The SMILES string of the molecule is CCCCN(CC)Cc1cccc([N+](=O)[O-])c1Br. The molecule has 1 rings (SSSR count). The van der Waals surface area contributed by atoms with Gasteiger partial charge in [0, 0.05) is 12.6 Å². The molecule has 0 N–H and O–H groups in total. The van der Waals surface area contributed by atoms with Gasteiger partial charge < -0.3 is 0 Å². The van der Waals surface area contributed by atoms with Gasteiger partial charge in [-0.2, -0.15) is 0 Å². The van der Waals surface area contributed by atoms with Crippen molar-refractivity contribution in [3.05, 3.63) is 38.3 Å². The minimum atomic E-state index is -0.351. The number of nitrogens with zero attached hydrogens (tertiary/aromatic N) is 2. The summed E-state index contributed by atoms with van der Waals surface area (Å²) in [5.41, 5.74) is 1.11. The number of benzene rings is 1. The Morgan fingerprint density at radius 2 is 2.11 bits per heavy atom. The normalized spacial score (nSPS) is 10.9. The van der Waals surface area contributed by atoms with E-state index in [-0.39, 0.29) is 10.6 Å². The van der Waals surface area contributed by atoms with Crippen LogP contribution in [0, 0.1) is 10.1 Å². The van der Waals surface area contributed by atoms with Crippen LogP contribution >= 0.6 is 15.9 Å². The molecule has 0 amide bonds. The highest BCUT2D eigenvalue weighted by atomic mass is 79.9. The standard InChI is InChI=1S/C13H19BrN2O2/c1-3-5-9-15(4-2)10-11-7-6-8-12(13(11)14)16(17)18/h6-8H,3-5,9-10H2,1-2H3. The number of nitro groups is 1. The van der Waals surface area contributed by atoms with Gasteiger partial charge in [-0.15, -0.1) is 0 Å². The van der Waals surface area contributed by atoms with Crippen LogP contribution in [-0.4, -0.2) is 22.9 Å². The minimum absolute atomic E-state index is 0.138. The number of hydrogen-bond donors (Lipinski definition) is 0. The van der Waals surface area contributed by atoms with E-state index in [2.05, 4.69) is 34.7 Å². The molecule has 0 spiro atoms.